The summed E-state index contributed by atoms with van der Waals surface area (Å²) in [5, 5.41) is 5.88. The smallest absolute Gasteiger partial charge is 0.246 e. The largest absolute Gasteiger partial charge is 0.370 e. The van der Waals surface area contributed by atoms with Gasteiger partial charge in [0.05, 0.1) is 0 Å². The molecule has 2 rings (SSSR count). The Morgan fingerprint density at radius 1 is 1.41 bits per heavy atom. The van der Waals surface area contributed by atoms with Gasteiger partial charge in [-0.1, -0.05) is 24.8 Å². The van der Waals surface area contributed by atoms with Gasteiger partial charge in [0.25, 0.3) is 0 Å². The lowest BCUT2D eigenvalue weighted by Gasteiger charge is -2.12. The minimum Gasteiger partial charge on any atom is -0.370 e. The van der Waals surface area contributed by atoms with Gasteiger partial charge in [-0.3, -0.25) is 4.79 Å². The van der Waals surface area contributed by atoms with Crippen LogP contribution in [-0.2, 0) is 4.79 Å². The molecule has 1 aliphatic carbocycles. The number of rotatable bonds is 4. The Morgan fingerprint density at radius 2 is 2.14 bits per heavy atom. The van der Waals surface area contributed by atoms with E-state index in [1.54, 1.807) is 24.3 Å². The van der Waals surface area contributed by atoms with Crippen molar-refractivity contribution in [3.05, 3.63) is 29.8 Å². The molecule has 0 radical (unpaired) electrons. The number of nitrogens with two attached hydrogens (primary N) is 1. The van der Waals surface area contributed by atoms with Gasteiger partial charge < -0.3 is 16.4 Å². The lowest BCUT2D eigenvalue weighted by molar-refractivity contribution is -0.114. The van der Waals surface area contributed by atoms with Crippen molar-refractivity contribution in [3.63, 3.8) is 0 Å². The van der Waals surface area contributed by atoms with Gasteiger partial charge in [0, 0.05) is 17.3 Å². The van der Waals surface area contributed by atoms with Crippen molar-refractivity contribution in [1.82, 2.24) is 5.32 Å². The number of carbonyl (C=O) groups is 1. The molecular weight excluding hydrogens is 391 g/mol. The summed E-state index contributed by atoms with van der Waals surface area (Å²) in [7, 11) is 0. The Kier molecular flexibility index (Phi) is 7.74. The molecule has 5 nitrogen and oxygen atoms in total. The fourth-order valence-electron chi connectivity index (χ4n) is 2.37. The van der Waals surface area contributed by atoms with Crippen molar-refractivity contribution in [3.8, 4) is 12.3 Å². The Bertz CT molecular complexity index is 574. The molecule has 1 fully saturated rings. The molecule has 0 spiro atoms. The molecule has 0 atom stereocenters. The highest BCUT2D eigenvalue weighted by Crippen LogP contribution is 2.17. The maximum atomic E-state index is 11.8. The predicted molar refractivity (Wildman–Crippen MR) is 100 cm³/mol. The fourth-order valence-corrected chi connectivity index (χ4v) is 2.37. The number of carbonyl (C=O) groups excluding carboxylic acids is 1. The number of halogens is 1. The number of hydrogen-bond acceptors (Lipinski definition) is 2. The molecule has 0 saturated heterocycles. The molecule has 0 bridgehead atoms. The summed E-state index contributed by atoms with van der Waals surface area (Å²) in [4.78, 5) is 15.9. The molecule has 1 aliphatic rings. The standard InChI is InChI=1S/C16H20N4O.HI/c1-2-12-6-5-9-14(10-12)19-15(21)11-18-16(17)20-13-7-3-4-8-13;/h1,5-6,9-10,13H,3-4,7-8,11H2,(H,19,21)(H3,17,18,20);1H. The van der Waals surface area contributed by atoms with E-state index in [1.165, 1.54) is 12.8 Å². The number of aliphatic imine (C=N–C) groups is 1. The molecule has 0 unspecified atom stereocenters. The van der Waals surface area contributed by atoms with E-state index >= 15 is 0 Å². The summed E-state index contributed by atoms with van der Waals surface area (Å²) in [6, 6.07) is 7.51. The number of amides is 1. The first-order chi connectivity index (χ1) is 10.2. The van der Waals surface area contributed by atoms with E-state index < -0.39 is 0 Å². The Hall–Kier alpha value is -1.75. The van der Waals surface area contributed by atoms with Gasteiger partial charge in [0.2, 0.25) is 5.91 Å². The van der Waals surface area contributed by atoms with Crippen LogP contribution in [0.4, 0.5) is 5.69 Å². The first-order valence-electron chi connectivity index (χ1n) is 7.10. The summed E-state index contributed by atoms with van der Waals surface area (Å²) in [6.07, 6.45) is 9.98. The van der Waals surface area contributed by atoms with Crippen molar-refractivity contribution >= 4 is 41.5 Å². The van der Waals surface area contributed by atoms with E-state index in [2.05, 4.69) is 21.5 Å². The molecular formula is C16H21IN4O. The molecule has 1 saturated carbocycles. The van der Waals surface area contributed by atoms with E-state index in [4.69, 9.17) is 12.2 Å². The quantitative estimate of drug-likeness (QED) is 0.307. The number of terminal acetylenes is 1. The third-order valence-corrected chi connectivity index (χ3v) is 3.41. The summed E-state index contributed by atoms with van der Waals surface area (Å²) < 4.78 is 0. The number of nitrogens with one attached hydrogen (secondary N) is 2. The highest BCUT2D eigenvalue weighted by molar-refractivity contribution is 14.0. The molecule has 0 aromatic heterocycles. The van der Waals surface area contributed by atoms with Gasteiger partial charge >= 0.3 is 0 Å². The maximum Gasteiger partial charge on any atom is 0.246 e. The third-order valence-electron chi connectivity index (χ3n) is 3.41. The number of hydrogen-bond donors (Lipinski definition) is 3. The van der Waals surface area contributed by atoms with Crippen molar-refractivity contribution < 1.29 is 4.79 Å². The minimum absolute atomic E-state index is 0. The normalized spacial score (nSPS) is 14.8. The molecule has 0 heterocycles. The van der Waals surface area contributed by atoms with Gasteiger partial charge in [-0.2, -0.15) is 0 Å². The zero-order chi connectivity index (χ0) is 15.1. The number of nitrogens with zero attached hydrogens (tertiary/aromatic N) is 1. The summed E-state index contributed by atoms with van der Waals surface area (Å²) in [5.74, 6) is 2.63. The second-order valence-electron chi connectivity index (χ2n) is 5.10. The molecule has 1 amide bonds. The monoisotopic (exact) mass is 412 g/mol. The average Bonchev–Trinajstić information content (AvgIpc) is 2.98. The van der Waals surface area contributed by atoms with Crippen LogP contribution in [-0.4, -0.2) is 24.5 Å². The summed E-state index contributed by atoms with van der Waals surface area (Å²) in [5.41, 5.74) is 7.15. The van der Waals surface area contributed by atoms with E-state index in [0.29, 0.717) is 17.7 Å². The topological polar surface area (TPSA) is 79.5 Å². The van der Waals surface area contributed by atoms with Crippen LogP contribution in [0.5, 0.6) is 0 Å². The molecule has 1 aromatic carbocycles. The van der Waals surface area contributed by atoms with Gasteiger partial charge in [0.15, 0.2) is 5.96 Å². The van der Waals surface area contributed by atoms with Gasteiger partial charge in [0.1, 0.15) is 6.54 Å². The molecule has 4 N–H and O–H groups in total. The fraction of sp³-hybridized carbons (Fsp3) is 0.375. The lowest BCUT2D eigenvalue weighted by Crippen LogP contribution is -2.39. The predicted octanol–water partition coefficient (Wildman–Crippen LogP) is 2.07. The van der Waals surface area contributed by atoms with Crippen molar-refractivity contribution in [2.45, 2.75) is 31.7 Å². The van der Waals surface area contributed by atoms with Crippen LogP contribution in [0.25, 0.3) is 0 Å². The summed E-state index contributed by atoms with van der Waals surface area (Å²) in [6.45, 7) is -0.00810. The highest BCUT2D eigenvalue weighted by atomic mass is 127. The Morgan fingerprint density at radius 3 is 2.82 bits per heavy atom. The summed E-state index contributed by atoms with van der Waals surface area (Å²) >= 11 is 0. The molecule has 0 aliphatic heterocycles. The van der Waals surface area contributed by atoms with Crippen LogP contribution in [0.2, 0.25) is 0 Å². The van der Waals surface area contributed by atoms with Gasteiger partial charge in [-0.25, -0.2) is 4.99 Å². The number of guanidine groups is 1. The highest BCUT2D eigenvalue weighted by Gasteiger charge is 2.14. The molecule has 6 heteroatoms. The number of anilines is 1. The number of benzene rings is 1. The second-order valence-corrected chi connectivity index (χ2v) is 5.10. The average molecular weight is 412 g/mol. The van der Waals surface area contributed by atoms with Crippen molar-refractivity contribution in [2.24, 2.45) is 10.7 Å². The van der Waals surface area contributed by atoms with Gasteiger partial charge in [-0.15, -0.1) is 30.4 Å². The zero-order valence-electron chi connectivity index (χ0n) is 12.3. The van der Waals surface area contributed by atoms with Crippen molar-refractivity contribution in [2.75, 3.05) is 11.9 Å². The zero-order valence-corrected chi connectivity index (χ0v) is 14.7. The van der Waals surface area contributed by atoms with Crippen LogP contribution in [0.15, 0.2) is 29.3 Å². The van der Waals surface area contributed by atoms with E-state index in [1.807, 2.05) is 0 Å². The lowest BCUT2D eigenvalue weighted by atomic mass is 10.2. The molecule has 1 aromatic rings. The molecule has 118 valence electrons. The van der Waals surface area contributed by atoms with Crippen LogP contribution in [0.3, 0.4) is 0 Å². The SMILES string of the molecule is C#Cc1cccc(NC(=O)CN=C(N)NC2CCCC2)c1.I. The molecule has 22 heavy (non-hydrogen) atoms. The Labute approximate surface area is 148 Å². The van der Waals surface area contributed by atoms with Crippen molar-refractivity contribution in [1.29, 1.82) is 0 Å². The Balaban J connectivity index is 0.00000242. The second kappa shape index (κ2) is 9.30. The van der Waals surface area contributed by atoms with E-state index in [0.717, 1.165) is 18.4 Å². The van der Waals surface area contributed by atoms with Crippen LogP contribution >= 0.6 is 24.0 Å². The van der Waals surface area contributed by atoms with Crippen LogP contribution < -0.4 is 16.4 Å². The van der Waals surface area contributed by atoms with Crippen LogP contribution in [0.1, 0.15) is 31.2 Å². The minimum atomic E-state index is -0.222. The third kappa shape index (κ3) is 5.93. The van der Waals surface area contributed by atoms with Gasteiger partial charge in [-0.05, 0) is 31.0 Å². The first-order valence-corrected chi connectivity index (χ1v) is 7.10. The first kappa shape index (κ1) is 18.3. The maximum absolute atomic E-state index is 11.8. The van der Waals surface area contributed by atoms with E-state index in [9.17, 15) is 4.79 Å². The van der Waals surface area contributed by atoms with Crippen LogP contribution in [0, 0.1) is 12.3 Å². The van der Waals surface area contributed by atoms with E-state index in [-0.39, 0.29) is 36.4 Å².